The molecular weight excluding hydrogens is 346 g/mol. The Morgan fingerprint density at radius 3 is 2.50 bits per heavy atom. The third kappa shape index (κ3) is 6.11. The minimum Gasteiger partial charge on any atom is -0.330 e. The number of carbonyl (C=O) groups is 2. The molecule has 5 nitrogen and oxygen atoms in total. The summed E-state index contributed by atoms with van der Waals surface area (Å²) < 4.78 is 0. The summed E-state index contributed by atoms with van der Waals surface area (Å²) >= 11 is 1.44. The van der Waals surface area contributed by atoms with Crippen LogP contribution < -0.4 is 5.32 Å². The Kier molecular flexibility index (Phi) is 7.09. The summed E-state index contributed by atoms with van der Waals surface area (Å²) in [7, 11) is 0. The molecule has 0 aliphatic heterocycles. The third-order valence-electron chi connectivity index (χ3n) is 3.72. The summed E-state index contributed by atoms with van der Waals surface area (Å²) in [5.41, 5.74) is 1.86. The highest BCUT2D eigenvalue weighted by Gasteiger charge is 2.17. The van der Waals surface area contributed by atoms with Crippen molar-refractivity contribution in [2.24, 2.45) is 5.92 Å². The molecule has 0 aliphatic rings. The Morgan fingerprint density at radius 2 is 1.92 bits per heavy atom. The van der Waals surface area contributed by atoms with Crippen LogP contribution in [-0.4, -0.2) is 34.8 Å². The Hall–Kier alpha value is -2.47. The number of amides is 2. The van der Waals surface area contributed by atoms with Crippen LogP contribution in [0.3, 0.4) is 0 Å². The van der Waals surface area contributed by atoms with Gasteiger partial charge in [0.2, 0.25) is 11.8 Å². The van der Waals surface area contributed by atoms with E-state index in [-0.39, 0.29) is 24.3 Å². The average Bonchev–Trinajstić information content (AvgIpc) is 2.90. The SMILES string of the molecule is Cc1nc(NC(=O)CN(CC(C)C)C(=O)/C=C/c2ccccc2)sc1C. The number of hydrogen-bond donors (Lipinski definition) is 1. The van der Waals surface area contributed by atoms with Crippen LogP contribution in [0.1, 0.15) is 30.0 Å². The third-order valence-corrected chi connectivity index (χ3v) is 4.71. The monoisotopic (exact) mass is 371 g/mol. The lowest BCUT2D eigenvalue weighted by atomic mass is 10.2. The van der Waals surface area contributed by atoms with Gasteiger partial charge in [-0.3, -0.25) is 9.59 Å². The van der Waals surface area contributed by atoms with Crippen molar-refractivity contribution in [3.05, 3.63) is 52.5 Å². The Morgan fingerprint density at radius 1 is 1.23 bits per heavy atom. The van der Waals surface area contributed by atoms with Gasteiger partial charge in [0, 0.05) is 17.5 Å². The Bertz CT molecular complexity index is 762. The predicted molar refractivity (Wildman–Crippen MR) is 107 cm³/mol. The van der Waals surface area contributed by atoms with E-state index in [0.29, 0.717) is 11.7 Å². The maximum atomic E-state index is 12.5. The molecule has 6 heteroatoms. The Labute approximate surface area is 158 Å². The molecule has 0 saturated heterocycles. The van der Waals surface area contributed by atoms with E-state index in [0.717, 1.165) is 16.1 Å². The number of rotatable bonds is 7. The number of nitrogens with zero attached hydrogens (tertiary/aromatic N) is 2. The van der Waals surface area contributed by atoms with E-state index >= 15 is 0 Å². The topological polar surface area (TPSA) is 62.3 Å². The van der Waals surface area contributed by atoms with Gasteiger partial charge in [0.1, 0.15) is 6.54 Å². The highest BCUT2D eigenvalue weighted by Crippen LogP contribution is 2.21. The first-order valence-electron chi connectivity index (χ1n) is 8.61. The molecule has 2 aromatic rings. The number of thiazole rings is 1. The van der Waals surface area contributed by atoms with Crippen molar-refractivity contribution in [2.45, 2.75) is 27.7 Å². The largest absolute Gasteiger partial charge is 0.330 e. The van der Waals surface area contributed by atoms with Gasteiger partial charge < -0.3 is 10.2 Å². The molecule has 0 bridgehead atoms. The van der Waals surface area contributed by atoms with Gasteiger partial charge in [-0.15, -0.1) is 11.3 Å². The van der Waals surface area contributed by atoms with E-state index in [9.17, 15) is 9.59 Å². The predicted octanol–water partition coefficient (Wildman–Crippen LogP) is 3.90. The molecule has 0 unspecified atom stereocenters. The second-order valence-electron chi connectivity index (χ2n) is 6.57. The van der Waals surface area contributed by atoms with Crippen LogP contribution in [0.2, 0.25) is 0 Å². The number of anilines is 1. The zero-order valence-corrected chi connectivity index (χ0v) is 16.5. The summed E-state index contributed by atoms with van der Waals surface area (Å²) in [6, 6.07) is 9.62. The molecular formula is C20H25N3O2S. The van der Waals surface area contributed by atoms with Gasteiger partial charge in [0.05, 0.1) is 5.69 Å². The zero-order chi connectivity index (χ0) is 19.1. The fraction of sp³-hybridized carbons (Fsp3) is 0.350. The number of aromatic nitrogens is 1. The van der Waals surface area contributed by atoms with Crippen LogP contribution in [0.25, 0.3) is 6.08 Å². The zero-order valence-electron chi connectivity index (χ0n) is 15.7. The van der Waals surface area contributed by atoms with Crippen LogP contribution in [0, 0.1) is 19.8 Å². The van der Waals surface area contributed by atoms with Crippen LogP contribution in [0.4, 0.5) is 5.13 Å². The van der Waals surface area contributed by atoms with Gasteiger partial charge in [-0.2, -0.15) is 0 Å². The number of nitrogens with one attached hydrogen (secondary N) is 1. The van der Waals surface area contributed by atoms with Crippen molar-refractivity contribution in [1.29, 1.82) is 0 Å². The van der Waals surface area contributed by atoms with Gasteiger partial charge in [-0.1, -0.05) is 44.2 Å². The van der Waals surface area contributed by atoms with E-state index in [1.165, 1.54) is 17.4 Å². The van der Waals surface area contributed by atoms with Gasteiger partial charge in [0.15, 0.2) is 5.13 Å². The lowest BCUT2D eigenvalue weighted by molar-refractivity contribution is -0.131. The molecule has 2 amide bonds. The summed E-state index contributed by atoms with van der Waals surface area (Å²) in [6.45, 7) is 8.44. The molecule has 0 radical (unpaired) electrons. The van der Waals surface area contributed by atoms with E-state index in [4.69, 9.17) is 0 Å². The normalized spacial score (nSPS) is 11.1. The molecule has 0 atom stereocenters. The van der Waals surface area contributed by atoms with Gasteiger partial charge in [0.25, 0.3) is 0 Å². The Balaban J connectivity index is 2.02. The lowest BCUT2D eigenvalue weighted by Gasteiger charge is -2.22. The molecule has 0 saturated carbocycles. The van der Waals surface area contributed by atoms with E-state index in [2.05, 4.69) is 10.3 Å². The van der Waals surface area contributed by atoms with E-state index < -0.39 is 0 Å². The van der Waals surface area contributed by atoms with Crippen LogP contribution in [0.15, 0.2) is 36.4 Å². The molecule has 0 fully saturated rings. The minimum absolute atomic E-state index is 0.00776. The van der Waals surface area contributed by atoms with Crippen LogP contribution in [-0.2, 0) is 9.59 Å². The van der Waals surface area contributed by atoms with Gasteiger partial charge in [-0.25, -0.2) is 4.98 Å². The van der Waals surface area contributed by atoms with Gasteiger partial charge >= 0.3 is 0 Å². The van der Waals surface area contributed by atoms with Crippen molar-refractivity contribution >= 4 is 34.4 Å². The van der Waals surface area contributed by atoms with Gasteiger partial charge in [-0.05, 0) is 31.4 Å². The molecule has 1 aromatic carbocycles. The second-order valence-corrected chi connectivity index (χ2v) is 7.77. The summed E-state index contributed by atoms with van der Waals surface area (Å²) in [6.07, 6.45) is 3.28. The highest BCUT2D eigenvalue weighted by molar-refractivity contribution is 7.15. The average molecular weight is 372 g/mol. The molecule has 1 heterocycles. The van der Waals surface area contributed by atoms with Crippen molar-refractivity contribution in [3.63, 3.8) is 0 Å². The number of hydrogen-bond acceptors (Lipinski definition) is 4. The highest BCUT2D eigenvalue weighted by atomic mass is 32.1. The van der Waals surface area contributed by atoms with Crippen molar-refractivity contribution < 1.29 is 9.59 Å². The first-order valence-corrected chi connectivity index (χ1v) is 9.42. The first-order chi connectivity index (χ1) is 12.3. The summed E-state index contributed by atoms with van der Waals surface area (Å²) in [5, 5.41) is 3.36. The minimum atomic E-state index is -0.235. The van der Waals surface area contributed by atoms with Crippen LogP contribution >= 0.6 is 11.3 Å². The maximum absolute atomic E-state index is 12.5. The van der Waals surface area contributed by atoms with Crippen molar-refractivity contribution in [1.82, 2.24) is 9.88 Å². The number of carbonyl (C=O) groups excluding carboxylic acids is 2. The molecule has 26 heavy (non-hydrogen) atoms. The first kappa shape index (κ1) is 19.8. The van der Waals surface area contributed by atoms with Crippen molar-refractivity contribution in [3.8, 4) is 0 Å². The summed E-state index contributed by atoms with van der Waals surface area (Å²) in [5.74, 6) is -0.147. The van der Waals surface area contributed by atoms with Crippen LogP contribution in [0.5, 0.6) is 0 Å². The molecule has 0 spiro atoms. The van der Waals surface area contributed by atoms with E-state index in [1.54, 1.807) is 11.0 Å². The standard InChI is InChI=1S/C20H25N3O2S/c1-14(2)12-23(19(25)11-10-17-8-6-5-7-9-17)13-18(24)22-20-21-15(3)16(4)26-20/h5-11,14H,12-13H2,1-4H3,(H,21,22,24)/b11-10+. The fourth-order valence-electron chi connectivity index (χ4n) is 2.37. The number of benzene rings is 1. The second kappa shape index (κ2) is 9.29. The lowest BCUT2D eigenvalue weighted by Crippen LogP contribution is -2.39. The molecule has 1 aromatic heterocycles. The smallest absolute Gasteiger partial charge is 0.247 e. The molecule has 2 rings (SSSR count). The summed E-state index contributed by atoms with van der Waals surface area (Å²) in [4.78, 5) is 31.8. The molecule has 1 N–H and O–H groups in total. The van der Waals surface area contributed by atoms with Crippen molar-refractivity contribution in [2.75, 3.05) is 18.4 Å². The quantitative estimate of drug-likeness (QED) is 0.751. The molecule has 138 valence electrons. The van der Waals surface area contributed by atoms with E-state index in [1.807, 2.05) is 58.0 Å². The maximum Gasteiger partial charge on any atom is 0.247 e. The number of aryl methyl sites for hydroxylation is 2. The fourth-order valence-corrected chi connectivity index (χ4v) is 3.20. The molecule has 0 aliphatic carbocycles.